The summed E-state index contributed by atoms with van der Waals surface area (Å²) >= 11 is 0. The van der Waals surface area contributed by atoms with Gasteiger partial charge in [-0.1, -0.05) is 0 Å². The Morgan fingerprint density at radius 2 is 0.913 bits per heavy atom. The molecule has 0 heterocycles. The van der Waals surface area contributed by atoms with Crippen LogP contribution in [0.2, 0.25) is 0 Å². The first kappa shape index (κ1) is 16.4. The van der Waals surface area contributed by atoms with Gasteiger partial charge in [0, 0.05) is 36.1 Å². The maximum absolute atomic E-state index is 12.0. The fourth-order valence-corrected chi connectivity index (χ4v) is 2.21. The smallest absolute Gasteiger partial charge is 0.163 e. The molecule has 0 fully saturated rings. The minimum absolute atomic E-state index is 0.0689. The predicted octanol–water partition coefficient (Wildman–Crippen LogP) is 2.74. The van der Waals surface area contributed by atoms with Crippen LogP contribution in [0.5, 0.6) is 23.0 Å². The molecule has 4 N–H and O–H groups in total. The molecule has 0 saturated carbocycles. The highest BCUT2D eigenvalue weighted by Crippen LogP contribution is 2.23. The molecule has 0 saturated heterocycles. The van der Waals surface area contributed by atoms with E-state index >= 15 is 0 Å². The van der Waals surface area contributed by atoms with Gasteiger partial charge < -0.3 is 20.4 Å². The van der Waals surface area contributed by atoms with Gasteiger partial charge in [-0.05, 0) is 30.7 Å². The second-order valence-electron chi connectivity index (χ2n) is 5.18. The molecule has 6 nitrogen and oxygen atoms in total. The third kappa shape index (κ3) is 4.47. The predicted molar refractivity (Wildman–Crippen MR) is 82.1 cm³/mol. The minimum atomic E-state index is -0.303. The number of hydrogen-bond acceptors (Lipinski definition) is 6. The number of ketones is 2. The van der Waals surface area contributed by atoms with Crippen molar-refractivity contribution in [2.45, 2.75) is 19.3 Å². The summed E-state index contributed by atoms with van der Waals surface area (Å²) in [7, 11) is 0. The van der Waals surface area contributed by atoms with Crippen LogP contribution in [0.3, 0.4) is 0 Å². The number of phenolic OH excluding ortho intramolecular Hbond substituents is 4. The Labute approximate surface area is 132 Å². The number of phenols is 4. The minimum Gasteiger partial charge on any atom is -0.508 e. The molecule has 0 bridgehead atoms. The molecule has 0 aromatic heterocycles. The second-order valence-corrected chi connectivity index (χ2v) is 5.18. The van der Waals surface area contributed by atoms with E-state index in [1.54, 1.807) is 0 Å². The quantitative estimate of drug-likeness (QED) is 0.609. The Morgan fingerprint density at radius 1 is 0.609 bits per heavy atom. The zero-order valence-electron chi connectivity index (χ0n) is 12.2. The van der Waals surface area contributed by atoms with E-state index in [4.69, 9.17) is 0 Å². The van der Waals surface area contributed by atoms with Gasteiger partial charge in [0.25, 0.3) is 0 Å². The van der Waals surface area contributed by atoms with E-state index in [2.05, 4.69) is 0 Å². The molecular formula is C17H16O6. The molecule has 2 rings (SSSR count). The molecule has 2 aromatic rings. The van der Waals surface area contributed by atoms with Gasteiger partial charge in [-0.25, -0.2) is 0 Å². The van der Waals surface area contributed by atoms with E-state index in [-0.39, 0.29) is 65.0 Å². The van der Waals surface area contributed by atoms with Crippen LogP contribution in [0.4, 0.5) is 0 Å². The number of carbonyl (C=O) groups excluding carboxylic acids is 2. The van der Waals surface area contributed by atoms with Gasteiger partial charge in [0.2, 0.25) is 0 Å². The molecule has 0 spiro atoms. The number of hydrogen-bond donors (Lipinski definition) is 4. The maximum atomic E-state index is 12.0. The summed E-state index contributed by atoms with van der Waals surface area (Å²) in [4.78, 5) is 23.9. The third-order valence-corrected chi connectivity index (χ3v) is 3.26. The van der Waals surface area contributed by atoms with Crippen molar-refractivity contribution in [2.24, 2.45) is 0 Å². The van der Waals surface area contributed by atoms with E-state index in [9.17, 15) is 30.0 Å². The lowest BCUT2D eigenvalue weighted by Crippen LogP contribution is -2.03. The fraction of sp³-hybridized carbons (Fsp3) is 0.176. The molecule has 0 amide bonds. The van der Waals surface area contributed by atoms with Crippen LogP contribution in [0.1, 0.15) is 40.0 Å². The average Bonchev–Trinajstić information content (AvgIpc) is 2.44. The Hall–Kier alpha value is -3.02. The summed E-state index contributed by atoms with van der Waals surface area (Å²) < 4.78 is 0. The molecule has 0 aliphatic rings. The maximum Gasteiger partial charge on any atom is 0.163 e. The van der Waals surface area contributed by atoms with Crippen molar-refractivity contribution < 1.29 is 30.0 Å². The van der Waals surface area contributed by atoms with Gasteiger partial charge in [-0.15, -0.1) is 0 Å². The first-order valence-electron chi connectivity index (χ1n) is 6.97. The normalized spacial score (nSPS) is 10.4. The van der Waals surface area contributed by atoms with Gasteiger partial charge in [-0.2, -0.15) is 0 Å². The van der Waals surface area contributed by atoms with Crippen molar-refractivity contribution >= 4 is 11.6 Å². The Kier molecular flexibility index (Phi) is 4.85. The van der Waals surface area contributed by atoms with Crippen LogP contribution in [-0.2, 0) is 0 Å². The van der Waals surface area contributed by atoms with Crippen LogP contribution in [-0.4, -0.2) is 32.0 Å². The van der Waals surface area contributed by atoms with Gasteiger partial charge in [0.05, 0.1) is 0 Å². The average molecular weight is 316 g/mol. The Balaban J connectivity index is 1.93. The summed E-state index contributed by atoms with van der Waals surface area (Å²) in [6.45, 7) is 0. The van der Waals surface area contributed by atoms with Crippen molar-refractivity contribution in [3.63, 3.8) is 0 Å². The fourth-order valence-electron chi connectivity index (χ4n) is 2.21. The van der Waals surface area contributed by atoms with Crippen LogP contribution in [0.15, 0.2) is 36.4 Å². The molecule has 0 aliphatic heterocycles. The SMILES string of the molecule is O=C(CCCC(=O)c1cc(O)cc(O)c1)c1cc(O)cc(O)c1. The molecule has 0 radical (unpaired) electrons. The largest absolute Gasteiger partial charge is 0.508 e. The molecular weight excluding hydrogens is 300 g/mol. The van der Waals surface area contributed by atoms with Gasteiger partial charge in [0.15, 0.2) is 11.6 Å². The molecule has 6 heteroatoms. The second kappa shape index (κ2) is 6.83. The number of carbonyl (C=O) groups is 2. The van der Waals surface area contributed by atoms with E-state index < -0.39 is 0 Å². The van der Waals surface area contributed by atoms with E-state index in [0.29, 0.717) is 0 Å². The van der Waals surface area contributed by atoms with Crippen molar-refractivity contribution in [3.05, 3.63) is 47.5 Å². The first-order valence-corrected chi connectivity index (χ1v) is 6.97. The lowest BCUT2D eigenvalue weighted by Gasteiger charge is -2.04. The zero-order chi connectivity index (χ0) is 17.0. The van der Waals surface area contributed by atoms with Crippen LogP contribution in [0, 0.1) is 0 Å². The van der Waals surface area contributed by atoms with Gasteiger partial charge in [0.1, 0.15) is 23.0 Å². The van der Waals surface area contributed by atoms with Gasteiger partial charge >= 0.3 is 0 Å². The van der Waals surface area contributed by atoms with E-state index in [1.807, 2.05) is 0 Å². The van der Waals surface area contributed by atoms with Crippen LogP contribution >= 0.6 is 0 Å². The summed E-state index contributed by atoms with van der Waals surface area (Å²) in [6.07, 6.45) is 0.406. The van der Waals surface area contributed by atoms with Crippen LogP contribution < -0.4 is 0 Å². The Bertz CT molecular complexity index is 647. The topological polar surface area (TPSA) is 115 Å². The van der Waals surface area contributed by atoms with Crippen molar-refractivity contribution in [2.75, 3.05) is 0 Å². The number of benzene rings is 2. The monoisotopic (exact) mass is 316 g/mol. The summed E-state index contributed by atoms with van der Waals surface area (Å²) in [6, 6.07) is 7.23. The third-order valence-electron chi connectivity index (χ3n) is 3.26. The highest BCUT2D eigenvalue weighted by molar-refractivity contribution is 5.99. The van der Waals surface area contributed by atoms with Crippen molar-refractivity contribution in [1.29, 1.82) is 0 Å². The molecule has 120 valence electrons. The Morgan fingerprint density at radius 3 is 1.22 bits per heavy atom. The molecule has 0 aliphatic carbocycles. The molecule has 2 aromatic carbocycles. The first-order chi connectivity index (χ1) is 10.8. The molecule has 23 heavy (non-hydrogen) atoms. The standard InChI is InChI=1S/C17H16O6/c18-12-4-10(5-13(19)8-12)16(22)2-1-3-17(23)11-6-14(20)9-15(21)7-11/h4-9,18-21H,1-3H2. The molecule has 0 unspecified atom stereocenters. The molecule has 0 atom stereocenters. The summed E-state index contributed by atoms with van der Waals surface area (Å²) in [5.41, 5.74) is 0.342. The number of Topliss-reactive ketones (excluding diaryl/α,β-unsaturated/α-hetero) is 2. The highest BCUT2D eigenvalue weighted by Gasteiger charge is 2.12. The van der Waals surface area contributed by atoms with Crippen molar-refractivity contribution in [1.82, 2.24) is 0 Å². The zero-order valence-corrected chi connectivity index (χ0v) is 12.2. The summed E-state index contributed by atoms with van der Waals surface area (Å²) in [5.74, 6) is -1.44. The van der Waals surface area contributed by atoms with Crippen molar-refractivity contribution in [3.8, 4) is 23.0 Å². The summed E-state index contributed by atoms with van der Waals surface area (Å²) in [5, 5.41) is 37.4. The number of aromatic hydroxyl groups is 4. The number of rotatable bonds is 6. The highest BCUT2D eigenvalue weighted by atomic mass is 16.3. The van der Waals surface area contributed by atoms with E-state index in [0.717, 1.165) is 12.1 Å². The van der Waals surface area contributed by atoms with Gasteiger partial charge in [-0.3, -0.25) is 9.59 Å². The van der Waals surface area contributed by atoms with Crippen LogP contribution in [0.25, 0.3) is 0 Å². The lowest BCUT2D eigenvalue weighted by atomic mass is 10.0. The lowest BCUT2D eigenvalue weighted by molar-refractivity contribution is 0.0956. The van der Waals surface area contributed by atoms with E-state index in [1.165, 1.54) is 24.3 Å².